The molecule has 1 atom stereocenters. The molecule has 1 aromatic carbocycles. The Bertz CT molecular complexity index is 331. The molecule has 1 aliphatic heterocycles. The maximum absolute atomic E-state index is 5.74. The predicted octanol–water partition coefficient (Wildman–Crippen LogP) is 1.64. The van der Waals surface area contributed by atoms with Crippen LogP contribution in [0, 0.1) is 0 Å². The first-order valence-electron chi connectivity index (χ1n) is 4.55. The van der Waals surface area contributed by atoms with Crippen molar-refractivity contribution in [1.29, 1.82) is 0 Å². The summed E-state index contributed by atoms with van der Waals surface area (Å²) in [5.41, 5.74) is 9.23. The van der Waals surface area contributed by atoms with Crippen molar-refractivity contribution in [3.8, 4) is 0 Å². The molecule has 1 heterocycles. The van der Waals surface area contributed by atoms with E-state index in [0.29, 0.717) is 0 Å². The van der Waals surface area contributed by atoms with Crippen LogP contribution < -0.4 is 11.1 Å². The first kappa shape index (κ1) is 8.32. The number of benzene rings is 1. The first-order chi connectivity index (χ1) is 6.31. The van der Waals surface area contributed by atoms with Gasteiger partial charge in [-0.15, -0.1) is 6.58 Å². The van der Waals surface area contributed by atoms with E-state index in [-0.39, 0.29) is 6.04 Å². The largest absolute Gasteiger partial charge is 0.399 e. The van der Waals surface area contributed by atoms with Gasteiger partial charge in [0.1, 0.15) is 0 Å². The Morgan fingerprint density at radius 2 is 2.38 bits per heavy atom. The topological polar surface area (TPSA) is 38.0 Å². The summed E-state index contributed by atoms with van der Waals surface area (Å²) < 4.78 is 0. The van der Waals surface area contributed by atoms with Crippen molar-refractivity contribution < 1.29 is 0 Å². The fourth-order valence-electron chi connectivity index (χ4n) is 1.81. The zero-order chi connectivity index (χ0) is 9.26. The van der Waals surface area contributed by atoms with Crippen LogP contribution in [0.4, 0.5) is 5.69 Å². The lowest BCUT2D eigenvalue weighted by molar-refractivity contribution is 0.582. The summed E-state index contributed by atoms with van der Waals surface area (Å²) in [6.07, 6.45) is 3.01. The van der Waals surface area contributed by atoms with Gasteiger partial charge in [-0.3, -0.25) is 0 Å². The third-order valence-corrected chi connectivity index (χ3v) is 2.50. The Labute approximate surface area is 78.5 Å². The summed E-state index contributed by atoms with van der Waals surface area (Å²) in [4.78, 5) is 0. The van der Waals surface area contributed by atoms with Gasteiger partial charge in [-0.2, -0.15) is 0 Å². The van der Waals surface area contributed by atoms with Crippen molar-refractivity contribution in [3.05, 3.63) is 42.0 Å². The van der Waals surface area contributed by atoms with Crippen molar-refractivity contribution >= 4 is 5.69 Å². The summed E-state index contributed by atoms with van der Waals surface area (Å²) in [6, 6.07) is 6.38. The van der Waals surface area contributed by atoms with E-state index in [1.165, 1.54) is 11.1 Å². The smallest absolute Gasteiger partial charge is 0.0507 e. The van der Waals surface area contributed by atoms with Crippen LogP contribution in [0.2, 0.25) is 0 Å². The number of nitrogens with one attached hydrogen (secondary N) is 1. The average molecular weight is 174 g/mol. The predicted molar refractivity (Wildman–Crippen MR) is 55.5 cm³/mol. The maximum atomic E-state index is 5.74. The van der Waals surface area contributed by atoms with Crippen molar-refractivity contribution in [3.63, 3.8) is 0 Å². The molecular weight excluding hydrogens is 160 g/mol. The monoisotopic (exact) mass is 174 g/mol. The Balaban J connectivity index is 2.47. The number of nitrogen functional groups attached to an aromatic ring is 1. The lowest BCUT2D eigenvalue weighted by Crippen LogP contribution is -2.28. The Morgan fingerprint density at radius 3 is 3.15 bits per heavy atom. The Kier molecular flexibility index (Phi) is 2.07. The van der Waals surface area contributed by atoms with Gasteiger partial charge < -0.3 is 11.1 Å². The molecule has 0 radical (unpaired) electrons. The minimum Gasteiger partial charge on any atom is -0.399 e. The highest BCUT2D eigenvalue weighted by Gasteiger charge is 2.16. The van der Waals surface area contributed by atoms with E-state index in [9.17, 15) is 0 Å². The molecule has 0 saturated carbocycles. The third kappa shape index (κ3) is 1.45. The lowest BCUT2D eigenvalue weighted by Gasteiger charge is -2.24. The molecule has 2 heteroatoms. The van der Waals surface area contributed by atoms with Crippen molar-refractivity contribution in [2.24, 2.45) is 0 Å². The molecule has 0 fully saturated rings. The van der Waals surface area contributed by atoms with Gasteiger partial charge >= 0.3 is 0 Å². The average Bonchev–Trinajstić information content (AvgIpc) is 2.17. The number of hydrogen-bond acceptors (Lipinski definition) is 2. The van der Waals surface area contributed by atoms with Gasteiger partial charge in [-0.1, -0.05) is 12.1 Å². The Morgan fingerprint density at radius 1 is 1.54 bits per heavy atom. The third-order valence-electron chi connectivity index (χ3n) is 2.50. The summed E-state index contributed by atoms with van der Waals surface area (Å²) in [5, 5.41) is 3.38. The lowest BCUT2D eigenvalue weighted by atomic mass is 9.94. The molecule has 2 rings (SSSR count). The second-order valence-electron chi connectivity index (χ2n) is 3.38. The van der Waals surface area contributed by atoms with E-state index in [1.54, 1.807) is 0 Å². The van der Waals surface area contributed by atoms with Crippen LogP contribution in [-0.2, 0) is 6.42 Å². The second kappa shape index (κ2) is 3.23. The molecule has 2 nitrogen and oxygen atoms in total. The fraction of sp³-hybridized carbons (Fsp3) is 0.273. The van der Waals surface area contributed by atoms with Gasteiger partial charge in [0.2, 0.25) is 0 Å². The molecule has 68 valence electrons. The van der Waals surface area contributed by atoms with Crippen molar-refractivity contribution in [2.45, 2.75) is 12.5 Å². The van der Waals surface area contributed by atoms with E-state index in [4.69, 9.17) is 5.73 Å². The van der Waals surface area contributed by atoms with E-state index in [0.717, 1.165) is 18.7 Å². The number of fused-ring (bicyclic) bond motifs is 1. The van der Waals surface area contributed by atoms with Crippen LogP contribution in [0.25, 0.3) is 0 Å². The summed E-state index contributed by atoms with van der Waals surface area (Å²) >= 11 is 0. The molecule has 3 N–H and O–H groups in total. The quantitative estimate of drug-likeness (QED) is 0.502. The molecule has 0 aromatic heterocycles. The zero-order valence-electron chi connectivity index (χ0n) is 7.59. The molecule has 0 spiro atoms. The van der Waals surface area contributed by atoms with Crippen LogP contribution in [0.5, 0.6) is 0 Å². The molecule has 1 unspecified atom stereocenters. The number of hydrogen-bond donors (Lipinski definition) is 2. The molecule has 13 heavy (non-hydrogen) atoms. The number of anilines is 1. The van der Waals surface area contributed by atoms with Crippen molar-refractivity contribution in [2.75, 3.05) is 12.3 Å². The highest BCUT2D eigenvalue weighted by molar-refractivity contribution is 5.47. The van der Waals surface area contributed by atoms with Crippen LogP contribution in [0.15, 0.2) is 30.9 Å². The van der Waals surface area contributed by atoms with E-state index in [2.05, 4.69) is 18.0 Å². The van der Waals surface area contributed by atoms with Gasteiger partial charge in [0.25, 0.3) is 0 Å². The first-order valence-corrected chi connectivity index (χ1v) is 4.55. The van der Waals surface area contributed by atoms with E-state index >= 15 is 0 Å². The maximum Gasteiger partial charge on any atom is 0.0507 e. The zero-order valence-corrected chi connectivity index (χ0v) is 7.59. The van der Waals surface area contributed by atoms with Gasteiger partial charge in [0.05, 0.1) is 6.04 Å². The van der Waals surface area contributed by atoms with Gasteiger partial charge in [0.15, 0.2) is 0 Å². The minimum atomic E-state index is 0.271. The van der Waals surface area contributed by atoms with E-state index in [1.807, 2.05) is 18.2 Å². The molecule has 0 bridgehead atoms. The highest BCUT2D eigenvalue weighted by Crippen LogP contribution is 2.25. The second-order valence-corrected chi connectivity index (χ2v) is 3.38. The van der Waals surface area contributed by atoms with Crippen LogP contribution >= 0.6 is 0 Å². The summed E-state index contributed by atoms with van der Waals surface area (Å²) in [7, 11) is 0. The van der Waals surface area contributed by atoms with Crippen LogP contribution in [0.3, 0.4) is 0 Å². The van der Waals surface area contributed by atoms with Crippen molar-refractivity contribution in [1.82, 2.24) is 5.32 Å². The molecule has 1 aliphatic rings. The highest BCUT2D eigenvalue weighted by atomic mass is 14.9. The normalized spacial score (nSPS) is 20.8. The molecule has 1 aromatic rings. The van der Waals surface area contributed by atoms with Gasteiger partial charge in [-0.05, 0) is 29.7 Å². The molecule has 0 amide bonds. The molecule has 0 saturated heterocycles. The standard InChI is InChI=1S/C11H14N2/c1-2-11-10-7-9(12)4-3-8(10)5-6-13-11/h2-4,7,11,13H,1,5-6,12H2. The van der Waals surface area contributed by atoms with Gasteiger partial charge in [0, 0.05) is 12.2 Å². The number of nitrogens with two attached hydrogens (primary N) is 1. The minimum absolute atomic E-state index is 0.271. The summed E-state index contributed by atoms with van der Waals surface area (Å²) in [6.45, 7) is 4.83. The SMILES string of the molecule is C=CC1NCCc2ccc(N)cc21. The van der Waals surface area contributed by atoms with Crippen LogP contribution in [0.1, 0.15) is 17.2 Å². The Hall–Kier alpha value is -1.28. The van der Waals surface area contributed by atoms with Crippen LogP contribution in [-0.4, -0.2) is 6.54 Å². The molecule has 0 aliphatic carbocycles. The fourth-order valence-corrected chi connectivity index (χ4v) is 1.81. The van der Waals surface area contributed by atoms with E-state index < -0.39 is 0 Å². The van der Waals surface area contributed by atoms with Gasteiger partial charge in [-0.25, -0.2) is 0 Å². The number of rotatable bonds is 1. The summed E-state index contributed by atoms with van der Waals surface area (Å²) in [5.74, 6) is 0. The molecular formula is C11H14N2.